The fraction of sp³-hybridized carbons (Fsp3) is 0.750. The Bertz CT molecular complexity index is 533. The van der Waals surface area contributed by atoms with E-state index >= 15 is 0 Å². The van der Waals surface area contributed by atoms with Crippen LogP contribution in [0, 0.1) is 5.92 Å². The molecule has 6 nitrogen and oxygen atoms in total. The van der Waals surface area contributed by atoms with Crippen LogP contribution in [0.3, 0.4) is 0 Å². The van der Waals surface area contributed by atoms with Crippen LogP contribution in [0.1, 0.15) is 41.5 Å². The Hall–Kier alpha value is -1.11. The number of hydrogen-bond donors (Lipinski definition) is 2. The molecule has 0 saturated carbocycles. The van der Waals surface area contributed by atoms with E-state index in [9.17, 15) is 4.79 Å². The van der Waals surface area contributed by atoms with Crippen molar-refractivity contribution in [3.63, 3.8) is 0 Å². The molecule has 1 saturated heterocycles. The van der Waals surface area contributed by atoms with Gasteiger partial charge >= 0.3 is 0 Å². The van der Waals surface area contributed by atoms with Gasteiger partial charge in [-0.2, -0.15) is 5.10 Å². The molecule has 1 atom stereocenters. The van der Waals surface area contributed by atoms with Gasteiger partial charge in [0, 0.05) is 50.4 Å². The number of aromatic amines is 1. The number of amides is 1. The fourth-order valence-electron chi connectivity index (χ4n) is 3.63. The Morgan fingerprint density at radius 1 is 1.48 bits per heavy atom. The van der Waals surface area contributed by atoms with Crippen LogP contribution in [-0.2, 0) is 13.0 Å². The molecule has 0 aromatic carbocycles. The van der Waals surface area contributed by atoms with Crippen LogP contribution < -0.4 is 5.32 Å². The van der Waals surface area contributed by atoms with Crippen molar-refractivity contribution in [2.45, 2.75) is 32.7 Å². The quantitative estimate of drug-likeness (QED) is 0.847. The van der Waals surface area contributed by atoms with E-state index in [1.165, 1.54) is 6.42 Å². The van der Waals surface area contributed by atoms with E-state index in [-0.39, 0.29) is 18.3 Å². The maximum absolute atomic E-state index is 12.7. The van der Waals surface area contributed by atoms with Crippen molar-refractivity contribution in [3.05, 3.63) is 17.0 Å². The lowest BCUT2D eigenvalue weighted by molar-refractivity contribution is 0.0777. The van der Waals surface area contributed by atoms with Crippen LogP contribution in [-0.4, -0.2) is 65.7 Å². The van der Waals surface area contributed by atoms with Gasteiger partial charge in [-0.25, -0.2) is 0 Å². The monoisotopic (exact) mass is 341 g/mol. The molecule has 130 valence electrons. The van der Waals surface area contributed by atoms with E-state index in [0.717, 1.165) is 63.4 Å². The topological polar surface area (TPSA) is 64.3 Å². The summed E-state index contributed by atoms with van der Waals surface area (Å²) < 4.78 is 0. The number of aromatic nitrogens is 2. The number of fused-ring (bicyclic) bond motifs is 1. The summed E-state index contributed by atoms with van der Waals surface area (Å²) >= 11 is 0. The molecule has 2 N–H and O–H groups in total. The number of carbonyl (C=O) groups excluding carboxylic acids is 1. The smallest absolute Gasteiger partial charge is 0.274 e. The van der Waals surface area contributed by atoms with Gasteiger partial charge in [0.25, 0.3) is 5.91 Å². The molecular formula is C16H28ClN5O. The molecule has 0 spiro atoms. The lowest BCUT2D eigenvalue weighted by Crippen LogP contribution is -2.33. The van der Waals surface area contributed by atoms with E-state index in [0.29, 0.717) is 11.6 Å². The van der Waals surface area contributed by atoms with Crippen molar-refractivity contribution in [3.8, 4) is 0 Å². The zero-order valence-electron chi connectivity index (χ0n) is 14.1. The Morgan fingerprint density at radius 3 is 3.09 bits per heavy atom. The first-order valence-electron chi connectivity index (χ1n) is 8.43. The second-order valence-corrected chi connectivity index (χ2v) is 6.62. The predicted octanol–water partition coefficient (Wildman–Crippen LogP) is 1.28. The maximum Gasteiger partial charge on any atom is 0.274 e. The van der Waals surface area contributed by atoms with E-state index in [1.54, 1.807) is 0 Å². The number of H-pyrrole nitrogens is 1. The van der Waals surface area contributed by atoms with Crippen molar-refractivity contribution in [2.75, 3.05) is 39.8 Å². The first-order chi connectivity index (χ1) is 10.7. The second-order valence-electron chi connectivity index (χ2n) is 6.62. The number of rotatable bonds is 5. The largest absolute Gasteiger partial charge is 0.337 e. The normalized spacial score (nSPS) is 20.5. The van der Waals surface area contributed by atoms with Gasteiger partial charge in [-0.05, 0) is 32.4 Å². The molecule has 7 heteroatoms. The van der Waals surface area contributed by atoms with Crippen LogP contribution in [0.2, 0.25) is 0 Å². The third kappa shape index (κ3) is 4.05. The maximum atomic E-state index is 12.7. The molecule has 1 aromatic rings. The molecule has 1 unspecified atom stereocenters. The van der Waals surface area contributed by atoms with Gasteiger partial charge in [0.2, 0.25) is 0 Å². The number of carbonyl (C=O) groups is 1. The number of likely N-dealkylation sites (tertiary alicyclic amines) is 1. The fourth-order valence-corrected chi connectivity index (χ4v) is 3.63. The van der Waals surface area contributed by atoms with Gasteiger partial charge in [-0.15, -0.1) is 12.4 Å². The molecule has 0 aliphatic carbocycles. The van der Waals surface area contributed by atoms with Crippen molar-refractivity contribution in [2.24, 2.45) is 5.92 Å². The van der Waals surface area contributed by atoms with Crippen molar-refractivity contribution in [1.82, 2.24) is 25.3 Å². The predicted molar refractivity (Wildman–Crippen MR) is 93.0 cm³/mol. The molecule has 23 heavy (non-hydrogen) atoms. The van der Waals surface area contributed by atoms with E-state index < -0.39 is 0 Å². The third-order valence-electron chi connectivity index (χ3n) is 4.76. The van der Waals surface area contributed by atoms with Gasteiger partial charge in [0.15, 0.2) is 5.69 Å². The standard InChI is InChI=1S/C16H27N5O.ClH/c1-3-7-20(2)10-12-5-8-21(11-12)16(22)15-13-9-17-6-4-14(13)18-19-15;/h12,17H,3-11H2,1-2H3,(H,18,19);1H. The van der Waals surface area contributed by atoms with Crippen molar-refractivity contribution >= 4 is 18.3 Å². The average Bonchev–Trinajstić information content (AvgIpc) is 3.13. The van der Waals surface area contributed by atoms with Crippen LogP contribution in [0.15, 0.2) is 0 Å². The molecule has 0 radical (unpaired) electrons. The Morgan fingerprint density at radius 2 is 2.30 bits per heavy atom. The summed E-state index contributed by atoms with van der Waals surface area (Å²) in [7, 11) is 2.17. The number of halogens is 1. The Kier molecular flexibility index (Phi) is 6.44. The number of nitrogens with one attached hydrogen (secondary N) is 2. The van der Waals surface area contributed by atoms with Gasteiger partial charge in [0.05, 0.1) is 0 Å². The van der Waals surface area contributed by atoms with Gasteiger partial charge in [-0.3, -0.25) is 9.89 Å². The molecule has 2 aliphatic rings. The van der Waals surface area contributed by atoms with E-state index in [2.05, 4.69) is 34.4 Å². The lowest BCUT2D eigenvalue weighted by atomic mass is 10.1. The zero-order chi connectivity index (χ0) is 15.5. The molecule has 1 amide bonds. The molecule has 0 bridgehead atoms. The van der Waals surface area contributed by atoms with Crippen molar-refractivity contribution in [1.29, 1.82) is 0 Å². The minimum absolute atomic E-state index is 0. The second kappa shape index (κ2) is 8.13. The van der Waals surface area contributed by atoms with E-state index in [1.807, 2.05) is 4.90 Å². The number of hydrogen-bond acceptors (Lipinski definition) is 4. The highest BCUT2D eigenvalue weighted by molar-refractivity contribution is 5.94. The minimum atomic E-state index is 0. The molecule has 3 rings (SSSR count). The minimum Gasteiger partial charge on any atom is -0.337 e. The highest BCUT2D eigenvalue weighted by Crippen LogP contribution is 2.22. The van der Waals surface area contributed by atoms with Crippen molar-refractivity contribution < 1.29 is 4.79 Å². The zero-order valence-corrected chi connectivity index (χ0v) is 14.9. The SMILES string of the molecule is CCCN(C)CC1CCN(C(=O)c2n[nH]c3c2CNCC3)C1.Cl. The Labute approximate surface area is 144 Å². The van der Waals surface area contributed by atoms with Crippen LogP contribution in [0.5, 0.6) is 0 Å². The molecular weight excluding hydrogens is 314 g/mol. The summed E-state index contributed by atoms with van der Waals surface area (Å²) in [5.74, 6) is 0.690. The highest BCUT2D eigenvalue weighted by atomic mass is 35.5. The lowest BCUT2D eigenvalue weighted by Gasteiger charge is -2.21. The summed E-state index contributed by atoms with van der Waals surface area (Å²) in [5, 5.41) is 10.7. The highest BCUT2D eigenvalue weighted by Gasteiger charge is 2.31. The summed E-state index contributed by atoms with van der Waals surface area (Å²) in [6, 6.07) is 0. The molecule has 1 fully saturated rings. The molecule has 3 heterocycles. The van der Waals surface area contributed by atoms with Gasteiger partial charge < -0.3 is 15.1 Å². The molecule has 1 aromatic heterocycles. The summed E-state index contributed by atoms with van der Waals surface area (Å²) in [6.45, 7) is 7.85. The van der Waals surface area contributed by atoms with Gasteiger partial charge in [-0.1, -0.05) is 6.92 Å². The number of nitrogens with zero attached hydrogens (tertiary/aromatic N) is 3. The summed E-state index contributed by atoms with van der Waals surface area (Å²) in [4.78, 5) is 17.1. The first-order valence-corrected chi connectivity index (χ1v) is 8.43. The summed E-state index contributed by atoms with van der Waals surface area (Å²) in [5.41, 5.74) is 2.83. The average molecular weight is 342 g/mol. The molecule has 2 aliphatic heterocycles. The van der Waals surface area contributed by atoms with Gasteiger partial charge in [0.1, 0.15) is 0 Å². The van der Waals surface area contributed by atoms with Crippen LogP contribution in [0.25, 0.3) is 0 Å². The van der Waals surface area contributed by atoms with Crippen LogP contribution in [0.4, 0.5) is 0 Å². The Balaban J connectivity index is 0.00000192. The van der Waals surface area contributed by atoms with E-state index in [4.69, 9.17) is 0 Å². The summed E-state index contributed by atoms with van der Waals surface area (Å²) in [6.07, 6.45) is 3.21. The third-order valence-corrected chi connectivity index (χ3v) is 4.76. The first kappa shape index (κ1) is 18.2. The van der Waals surface area contributed by atoms with Crippen LogP contribution >= 0.6 is 12.4 Å².